The number of carbonyl (C=O) groups is 1. The molecule has 1 amide bonds. The number of halogens is 5. The van der Waals surface area contributed by atoms with Crippen molar-refractivity contribution in [3.8, 4) is 5.75 Å². The standard InChI is InChI=1S/C22H22F5NO5S/c1-12(20(2,23)24)32-16-5-4-14(34(3,30)31)8-15(16)19(29)28-10-13-9-21(13,11-28)17-6-7-18(33-17)22(25,26)27/h4-8,12-13H,9-11H2,1-3H3/t12-,13?,21?/m0/s1. The Kier molecular flexibility index (Phi) is 5.54. The van der Waals surface area contributed by atoms with Gasteiger partial charge < -0.3 is 14.1 Å². The lowest BCUT2D eigenvalue weighted by Gasteiger charge is -2.25. The minimum absolute atomic E-state index is 0.0450. The van der Waals surface area contributed by atoms with Gasteiger partial charge in [0.1, 0.15) is 11.5 Å². The Morgan fingerprint density at radius 1 is 1.21 bits per heavy atom. The third-order valence-corrected chi connectivity index (χ3v) is 7.55. The van der Waals surface area contributed by atoms with E-state index in [9.17, 15) is 35.2 Å². The van der Waals surface area contributed by atoms with Crippen LogP contribution in [0.5, 0.6) is 5.75 Å². The van der Waals surface area contributed by atoms with Gasteiger partial charge in [-0.2, -0.15) is 13.2 Å². The summed E-state index contributed by atoms with van der Waals surface area (Å²) in [4.78, 5) is 14.5. The number of sulfone groups is 1. The number of likely N-dealkylation sites (tertiary alicyclic amines) is 1. The van der Waals surface area contributed by atoms with E-state index in [0.29, 0.717) is 13.3 Å². The van der Waals surface area contributed by atoms with Crippen LogP contribution in [-0.2, 0) is 21.4 Å². The third kappa shape index (κ3) is 4.39. The molecule has 1 saturated heterocycles. The van der Waals surface area contributed by atoms with Crippen LogP contribution in [0.1, 0.15) is 42.1 Å². The van der Waals surface area contributed by atoms with Crippen molar-refractivity contribution >= 4 is 15.7 Å². The summed E-state index contributed by atoms with van der Waals surface area (Å²) in [6.07, 6.45) is -4.77. The summed E-state index contributed by atoms with van der Waals surface area (Å²) in [5, 5.41) is 0. The van der Waals surface area contributed by atoms with Crippen molar-refractivity contribution < 1.29 is 44.3 Å². The second-order valence-electron chi connectivity index (χ2n) is 9.05. The summed E-state index contributed by atoms with van der Waals surface area (Å²) in [7, 11) is -3.72. The highest BCUT2D eigenvalue weighted by Crippen LogP contribution is 2.60. The number of furan rings is 1. The molecule has 0 spiro atoms. The molecule has 1 aliphatic carbocycles. The van der Waals surface area contributed by atoms with E-state index in [4.69, 9.17) is 9.15 Å². The molecule has 1 saturated carbocycles. The van der Waals surface area contributed by atoms with Gasteiger partial charge in [-0.1, -0.05) is 0 Å². The number of amides is 1. The SMILES string of the molecule is C[C@H](Oc1ccc(S(C)(=O)=O)cc1C(=O)N1CC2CC2(c2ccc(C(F)(F)F)o2)C1)C(C)(F)F. The molecule has 0 bridgehead atoms. The van der Waals surface area contributed by atoms with Crippen molar-refractivity contribution in [3.63, 3.8) is 0 Å². The fourth-order valence-corrected chi connectivity index (χ4v) is 4.90. The predicted molar refractivity (Wildman–Crippen MR) is 110 cm³/mol. The van der Waals surface area contributed by atoms with Crippen LogP contribution in [0.4, 0.5) is 22.0 Å². The topological polar surface area (TPSA) is 76.8 Å². The van der Waals surface area contributed by atoms with Crippen LogP contribution >= 0.6 is 0 Å². The van der Waals surface area contributed by atoms with E-state index in [0.717, 1.165) is 37.4 Å². The first-order chi connectivity index (χ1) is 15.5. The zero-order chi connectivity index (χ0) is 25.3. The van der Waals surface area contributed by atoms with Crippen LogP contribution in [-0.4, -0.2) is 50.6 Å². The van der Waals surface area contributed by atoms with Gasteiger partial charge >= 0.3 is 6.18 Å². The summed E-state index contributed by atoms with van der Waals surface area (Å²) in [5.41, 5.74) is -0.982. The molecule has 12 heteroatoms. The minimum atomic E-state index is -4.64. The van der Waals surface area contributed by atoms with Gasteiger partial charge in [0, 0.05) is 26.3 Å². The van der Waals surface area contributed by atoms with E-state index in [-0.39, 0.29) is 41.0 Å². The molecule has 3 atom stereocenters. The number of fused-ring (bicyclic) bond motifs is 1. The van der Waals surface area contributed by atoms with Gasteiger partial charge in [-0.3, -0.25) is 4.79 Å². The van der Waals surface area contributed by atoms with Crippen molar-refractivity contribution in [2.75, 3.05) is 19.3 Å². The molecule has 2 unspecified atom stereocenters. The zero-order valence-corrected chi connectivity index (χ0v) is 19.3. The molecule has 0 radical (unpaired) electrons. The molecular weight excluding hydrogens is 485 g/mol. The van der Waals surface area contributed by atoms with E-state index in [1.807, 2.05) is 0 Å². The molecule has 186 valence electrons. The van der Waals surface area contributed by atoms with Gasteiger partial charge in [0.15, 0.2) is 15.9 Å². The van der Waals surface area contributed by atoms with Gasteiger partial charge in [0.2, 0.25) is 5.76 Å². The van der Waals surface area contributed by atoms with Gasteiger partial charge in [-0.25, -0.2) is 17.2 Å². The predicted octanol–water partition coefficient (Wildman–Crippen LogP) is 4.54. The molecule has 2 heterocycles. The maximum Gasteiger partial charge on any atom is 0.449 e. The largest absolute Gasteiger partial charge is 0.484 e. The van der Waals surface area contributed by atoms with E-state index < -0.39 is 45.1 Å². The average Bonchev–Trinajstić information content (AvgIpc) is 3.07. The molecule has 4 rings (SSSR count). The van der Waals surface area contributed by atoms with E-state index in [2.05, 4.69) is 0 Å². The van der Waals surface area contributed by atoms with Gasteiger partial charge in [-0.05, 0) is 49.6 Å². The number of benzene rings is 1. The molecule has 6 nitrogen and oxygen atoms in total. The van der Waals surface area contributed by atoms with Crippen LogP contribution in [0.15, 0.2) is 39.6 Å². The molecule has 2 fully saturated rings. The summed E-state index contributed by atoms with van der Waals surface area (Å²) >= 11 is 0. The normalized spacial score (nSPS) is 23.5. The van der Waals surface area contributed by atoms with Crippen LogP contribution in [0.3, 0.4) is 0 Å². The lowest BCUT2D eigenvalue weighted by Crippen LogP contribution is -2.35. The van der Waals surface area contributed by atoms with Crippen molar-refractivity contribution in [2.24, 2.45) is 5.92 Å². The summed E-state index contributed by atoms with van der Waals surface area (Å²) < 4.78 is 101. The summed E-state index contributed by atoms with van der Waals surface area (Å²) in [6.45, 7) is 2.01. The first kappa shape index (κ1) is 24.5. The van der Waals surface area contributed by atoms with Crippen molar-refractivity contribution in [3.05, 3.63) is 47.4 Å². The fraction of sp³-hybridized carbons (Fsp3) is 0.500. The molecule has 2 aliphatic rings. The number of nitrogens with zero attached hydrogens (tertiary/aromatic N) is 1. The first-order valence-corrected chi connectivity index (χ1v) is 12.3. The second kappa shape index (κ2) is 7.69. The summed E-state index contributed by atoms with van der Waals surface area (Å²) in [6, 6.07) is 5.48. The van der Waals surface area contributed by atoms with Gasteiger partial charge in [0.05, 0.1) is 15.9 Å². The van der Waals surface area contributed by atoms with E-state index in [1.165, 1.54) is 11.0 Å². The summed E-state index contributed by atoms with van der Waals surface area (Å²) in [5.74, 6) is -5.24. The van der Waals surface area contributed by atoms with Gasteiger partial charge in [0.25, 0.3) is 11.8 Å². The highest BCUT2D eigenvalue weighted by atomic mass is 32.2. The zero-order valence-electron chi connectivity index (χ0n) is 18.4. The lowest BCUT2D eigenvalue weighted by molar-refractivity contribution is -0.153. The van der Waals surface area contributed by atoms with Crippen LogP contribution < -0.4 is 4.74 Å². The smallest absolute Gasteiger partial charge is 0.449 e. The number of rotatable bonds is 6. The Labute approximate surface area is 192 Å². The molecule has 34 heavy (non-hydrogen) atoms. The number of hydrogen-bond acceptors (Lipinski definition) is 5. The maximum atomic E-state index is 13.7. The minimum Gasteiger partial charge on any atom is -0.484 e. The van der Waals surface area contributed by atoms with Gasteiger partial charge in [-0.15, -0.1) is 0 Å². The first-order valence-electron chi connectivity index (χ1n) is 10.4. The molecule has 0 N–H and O–H groups in total. The molecule has 2 aromatic rings. The van der Waals surface area contributed by atoms with E-state index in [1.54, 1.807) is 0 Å². The molecule has 1 aromatic heterocycles. The average molecular weight is 507 g/mol. The number of alkyl halides is 5. The number of carbonyl (C=O) groups excluding carboxylic acids is 1. The Hall–Kier alpha value is -2.63. The quantitative estimate of drug-likeness (QED) is 0.537. The van der Waals surface area contributed by atoms with Crippen molar-refractivity contribution in [1.82, 2.24) is 4.90 Å². The highest BCUT2D eigenvalue weighted by Gasteiger charge is 2.64. The number of hydrogen-bond donors (Lipinski definition) is 0. The monoisotopic (exact) mass is 507 g/mol. The third-order valence-electron chi connectivity index (χ3n) is 6.44. The number of ether oxygens (including phenoxy) is 1. The number of piperidine rings is 1. The Bertz CT molecular complexity index is 1230. The van der Waals surface area contributed by atoms with Crippen molar-refractivity contribution in [1.29, 1.82) is 0 Å². The highest BCUT2D eigenvalue weighted by molar-refractivity contribution is 7.90. The van der Waals surface area contributed by atoms with Crippen molar-refractivity contribution in [2.45, 2.75) is 48.8 Å². The fourth-order valence-electron chi connectivity index (χ4n) is 4.25. The molecule has 1 aromatic carbocycles. The lowest BCUT2D eigenvalue weighted by atomic mass is 10.0. The second-order valence-corrected chi connectivity index (χ2v) is 11.1. The Morgan fingerprint density at radius 3 is 2.44 bits per heavy atom. The van der Waals surface area contributed by atoms with Crippen LogP contribution in [0.2, 0.25) is 0 Å². The Morgan fingerprint density at radius 2 is 1.88 bits per heavy atom. The molecular formula is C22H22F5NO5S. The van der Waals surface area contributed by atoms with E-state index >= 15 is 0 Å². The van der Waals surface area contributed by atoms with Crippen LogP contribution in [0.25, 0.3) is 0 Å². The van der Waals surface area contributed by atoms with Crippen LogP contribution in [0, 0.1) is 5.92 Å². The maximum absolute atomic E-state index is 13.7. The molecule has 1 aliphatic heterocycles. The Balaban J connectivity index is 1.63.